The van der Waals surface area contributed by atoms with Crippen LogP contribution in [0.15, 0.2) is 0 Å². The predicted molar refractivity (Wildman–Crippen MR) is 45.1 cm³/mol. The molecule has 0 aliphatic heterocycles. The van der Waals surface area contributed by atoms with Gasteiger partial charge in [0, 0.05) is 6.61 Å². The van der Waals surface area contributed by atoms with E-state index in [1.807, 2.05) is 6.92 Å². The summed E-state index contributed by atoms with van der Waals surface area (Å²) in [6.07, 6.45) is 4.80. The molecule has 0 bridgehead atoms. The smallest absolute Gasteiger partial charge is 0.112 e. The fraction of sp³-hybridized carbons (Fsp3) is 0.778. The molecule has 0 aliphatic rings. The molecule has 0 aromatic carbocycles. The highest BCUT2D eigenvalue weighted by molar-refractivity contribution is 4.91. The molecule has 0 fully saturated rings. The quantitative estimate of drug-likeness (QED) is 0.446. The lowest BCUT2D eigenvalue weighted by atomic mass is 10.4. The van der Waals surface area contributed by atoms with Crippen molar-refractivity contribution >= 4 is 0 Å². The van der Waals surface area contributed by atoms with Gasteiger partial charge in [-0.1, -0.05) is 13.3 Å². The van der Waals surface area contributed by atoms with Crippen molar-refractivity contribution in [2.45, 2.75) is 26.7 Å². The van der Waals surface area contributed by atoms with Crippen LogP contribution in [0, 0.1) is 12.0 Å². The number of unbranched alkanes of at least 4 members (excludes halogenated alkanes) is 1. The molecule has 0 amide bonds. The summed E-state index contributed by atoms with van der Waals surface area (Å²) in [6.45, 7) is 5.98. The summed E-state index contributed by atoms with van der Waals surface area (Å²) in [7, 11) is 0. The SMILES string of the molecule is CCCCOC#CCOCC. The Balaban J connectivity index is 2.99. The lowest BCUT2D eigenvalue weighted by molar-refractivity contribution is 0.181. The second-order valence-corrected chi connectivity index (χ2v) is 2.12. The molecule has 0 N–H and O–H groups in total. The minimum absolute atomic E-state index is 0.475. The summed E-state index contributed by atoms with van der Waals surface area (Å²) in [4.78, 5) is 0. The van der Waals surface area contributed by atoms with Gasteiger partial charge in [0.25, 0.3) is 0 Å². The van der Waals surface area contributed by atoms with Crippen molar-refractivity contribution in [2.75, 3.05) is 19.8 Å². The minimum Gasteiger partial charge on any atom is -0.447 e. The van der Waals surface area contributed by atoms with E-state index in [-0.39, 0.29) is 0 Å². The zero-order chi connectivity index (χ0) is 8.36. The zero-order valence-electron chi connectivity index (χ0n) is 7.35. The summed E-state index contributed by atoms with van der Waals surface area (Å²) in [5.74, 6) is 2.75. The van der Waals surface area contributed by atoms with Crippen LogP contribution in [0.25, 0.3) is 0 Å². The van der Waals surface area contributed by atoms with Crippen LogP contribution in [0.3, 0.4) is 0 Å². The molecule has 0 unspecified atom stereocenters. The summed E-state index contributed by atoms with van der Waals surface area (Å²) in [5, 5.41) is 0. The van der Waals surface area contributed by atoms with Crippen LogP contribution in [-0.4, -0.2) is 19.8 Å². The van der Waals surface area contributed by atoms with E-state index in [2.05, 4.69) is 19.0 Å². The summed E-state index contributed by atoms with van der Waals surface area (Å²) in [5.41, 5.74) is 0. The van der Waals surface area contributed by atoms with Crippen LogP contribution in [0.2, 0.25) is 0 Å². The van der Waals surface area contributed by atoms with Crippen molar-refractivity contribution in [1.29, 1.82) is 0 Å². The van der Waals surface area contributed by atoms with Gasteiger partial charge >= 0.3 is 0 Å². The van der Waals surface area contributed by atoms with Gasteiger partial charge < -0.3 is 9.47 Å². The number of ether oxygens (including phenoxy) is 2. The monoisotopic (exact) mass is 156 g/mol. The second-order valence-electron chi connectivity index (χ2n) is 2.12. The van der Waals surface area contributed by atoms with Gasteiger partial charge in [-0.2, -0.15) is 0 Å². The van der Waals surface area contributed by atoms with Gasteiger partial charge in [0.15, 0.2) is 0 Å². The van der Waals surface area contributed by atoms with Crippen LogP contribution in [0.1, 0.15) is 26.7 Å². The highest BCUT2D eigenvalue weighted by atomic mass is 16.5. The second kappa shape index (κ2) is 9.32. The molecule has 64 valence electrons. The third-order valence-electron chi connectivity index (χ3n) is 1.12. The van der Waals surface area contributed by atoms with Crippen molar-refractivity contribution < 1.29 is 9.47 Å². The highest BCUT2D eigenvalue weighted by Crippen LogP contribution is 1.85. The predicted octanol–water partition coefficient (Wildman–Crippen LogP) is 1.80. The van der Waals surface area contributed by atoms with Crippen molar-refractivity contribution in [2.24, 2.45) is 0 Å². The third-order valence-corrected chi connectivity index (χ3v) is 1.12. The van der Waals surface area contributed by atoms with E-state index in [0.29, 0.717) is 13.2 Å². The van der Waals surface area contributed by atoms with Gasteiger partial charge in [0.1, 0.15) is 19.3 Å². The average Bonchev–Trinajstić information content (AvgIpc) is 2.03. The summed E-state index contributed by atoms with van der Waals surface area (Å²) < 4.78 is 9.97. The zero-order valence-corrected chi connectivity index (χ0v) is 7.35. The van der Waals surface area contributed by atoms with Gasteiger partial charge in [0.05, 0.1) is 0 Å². The topological polar surface area (TPSA) is 18.5 Å². The molecule has 11 heavy (non-hydrogen) atoms. The third kappa shape index (κ3) is 9.32. The fourth-order valence-electron chi connectivity index (χ4n) is 0.501. The minimum atomic E-state index is 0.475. The highest BCUT2D eigenvalue weighted by Gasteiger charge is 1.79. The van der Waals surface area contributed by atoms with Gasteiger partial charge in [0.2, 0.25) is 0 Å². The molecule has 0 aromatic heterocycles. The Hall–Kier alpha value is -0.680. The molecule has 0 aliphatic carbocycles. The first-order valence-corrected chi connectivity index (χ1v) is 4.09. The van der Waals surface area contributed by atoms with Crippen LogP contribution in [0.5, 0.6) is 0 Å². The van der Waals surface area contributed by atoms with Crippen LogP contribution < -0.4 is 0 Å². The summed E-state index contributed by atoms with van der Waals surface area (Å²) in [6, 6.07) is 0. The van der Waals surface area contributed by atoms with Gasteiger partial charge in [-0.05, 0) is 19.3 Å². The van der Waals surface area contributed by atoms with Crippen molar-refractivity contribution in [3.63, 3.8) is 0 Å². The average molecular weight is 156 g/mol. The number of hydrogen-bond acceptors (Lipinski definition) is 2. The molecule has 0 heterocycles. The Morgan fingerprint density at radius 1 is 1.27 bits per heavy atom. The molecular weight excluding hydrogens is 140 g/mol. The van der Waals surface area contributed by atoms with E-state index < -0.39 is 0 Å². The van der Waals surface area contributed by atoms with E-state index >= 15 is 0 Å². The number of hydrogen-bond donors (Lipinski definition) is 0. The van der Waals surface area contributed by atoms with E-state index in [4.69, 9.17) is 9.47 Å². The Labute approximate surface area is 68.9 Å². The maximum Gasteiger partial charge on any atom is 0.112 e. The molecule has 0 radical (unpaired) electrons. The summed E-state index contributed by atoms with van der Waals surface area (Å²) >= 11 is 0. The Kier molecular flexibility index (Phi) is 8.74. The molecule has 0 spiro atoms. The van der Waals surface area contributed by atoms with Crippen LogP contribution >= 0.6 is 0 Å². The van der Waals surface area contributed by atoms with Gasteiger partial charge in [-0.15, -0.1) is 0 Å². The Bertz CT molecular complexity index is 121. The van der Waals surface area contributed by atoms with E-state index in [1.165, 1.54) is 0 Å². The molecule has 0 rings (SSSR count). The largest absolute Gasteiger partial charge is 0.447 e. The first kappa shape index (κ1) is 10.3. The van der Waals surface area contributed by atoms with Crippen LogP contribution in [0.4, 0.5) is 0 Å². The van der Waals surface area contributed by atoms with Gasteiger partial charge in [-0.3, -0.25) is 0 Å². The molecule has 2 heteroatoms. The maximum absolute atomic E-state index is 4.99. The standard InChI is InChI=1S/C9H16O2/c1-3-5-7-11-9-6-8-10-4-2/h3-5,7-8H2,1-2H3. The van der Waals surface area contributed by atoms with Crippen molar-refractivity contribution in [1.82, 2.24) is 0 Å². The number of rotatable bonds is 5. The molecule has 2 nitrogen and oxygen atoms in total. The fourth-order valence-corrected chi connectivity index (χ4v) is 0.501. The van der Waals surface area contributed by atoms with Gasteiger partial charge in [-0.25, -0.2) is 0 Å². The Morgan fingerprint density at radius 2 is 2.09 bits per heavy atom. The molecular formula is C9H16O2. The first-order valence-electron chi connectivity index (χ1n) is 4.09. The normalized spacial score (nSPS) is 8.55. The molecule has 0 saturated heterocycles. The van der Waals surface area contributed by atoms with E-state index in [0.717, 1.165) is 19.4 Å². The molecule has 0 aromatic rings. The maximum atomic E-state index is 4.99. The van der Waals surface area contributed by atoms with Crippen molar-refractivity contribution in [3.05, 3.63) is 0 Å². The van der Waals surface area contributed by atoms with Crippen LogP contribution in [-0.2, 0) is 9.47 Å². The van der Waals surface area contributed by atoms with E-state index in [9.17, 15) is 0 Å². The lowest BCUT2D eigenvalue weighted by Gasteiger charge is -1.93. The molecule has 0 atom stereocenters. The van der Waals surface area contributed by atoms with Crippen molar-refractivity contribution in [3.8, 4) is 12.0 Å². The lowest BCUT2D eigenvalue weighted by Crippen LogP contribution is -1.90. The molecule has 0 saturated carbocycles. The first-order chi connectivity index (χ1) is 5.41. The Morgan fingerprint density at radius 3 is 2.73 bits per heavy atom. The van der Waals surface area contributed by atoms with E-state index in [1.54, 1.807) is 0 Å².